The number of hydrogen-bond donors (Lipinski definition) is 2. The molecular formula is C21H16N2O2S3. The highest BCUT2D eigenvalue weighted by Crippen LogP contribution is 2.39. The molecule has 3 N–H and O–H groups in total. The maximum atomic E-state index is 11.1. The number of anilines is 1. The van der Waals surface area contributed by atoms with Gasteiger partial charge in [0.15, 0.2) is 0 Å². The highest BCUT2D eigenvalue weighted by Gasteiger charge is 2.15. The number of carboxylic acid groups (broad SMARTS) is 1. The Morgan fingerprint density at radius 2 is 1.82 bits per heavy atom. The summed E-state index contributed by atoms with van der Waals surface area (Å²) in [5.74, 6) is -0.136. The molecule has 28 heavy (non-hydrogen) atoms. The van der Waals surface area contributed by atoms with Crippen LogP contribution in [0.3, 0.4) is 0 Å². The molecule has 3 heterocycles. The molecule has 0 amide bonds. The monoisotopic (exact) mass is 424 g/mol. The molecule has 0 atom stereocenters. The molecule has 0 spiro atoms. The lowest BCUT2D eigenvalue weighted by atomic mass is 10.1. The van der Waals surface area contributed by atoms with Gasteiger partial charge in [-0.15, -0.1) is 22.7 Å². The molecule has 4 nitrogen and oxygen atoms in total. The Labute approximate surface area is 174 Å². The predicted octanol–water partition coefficient (Wildman–Crippen LogP) is 6.11. The molecule has 0 aliphatic heterocycles. The predicted molar refractivity (Wildman–Crippen MR) is 118 cm³/mol. The van der Waals surface area contributed by atoms with Gasteiger partial charge in [0.1, 0.15) is 5.03 Å². The van der Waals surface area contributed by atoms with Crippen LogP contribution >= 0.6 is 34.4 Å². The first kappa shape index (κ1) is 18.7. The van der Waals surface area contributed by atoms with E-state index in [9.17, 15) is 4.79 Å². The molecule has 0 aliphatic rings. The Morgan fingerprint density at radius 1 is 1.07 bits per heavy atom. The van der Waals surface area contributed by atoms with Gasteiger partial charge in [0.05, 0.1) is 16.9 Å². The number of carboxylic acids is 1. The molecular weight excluding hydrogens is 408 g/mol. The number of pyridine rings is 1. The maximum absolute atomic E-state index is 11.1. The van der Waals surface area contributed by atoms with Gasteiger partial charge in [-0.1, -0.05) is 36.0 Å². The van der Waals surface area contributed by atoms with E-state index in [1.165, 1.54) is 4.88 Å². The molecule has 0 radical (unpaired) electrons. The number of nitrogens with zero attached hydrogens (tertiary/aromatic N) is 1. The third-order valence-electron chi connectivity index (χ3n) is 4.17. The van der Waals surface area contributed by atoms with Crippen LogP contribution in [-0.2, 0) is 5.75 Å². The summed E-state index contributed by atoms with van der Waals surface area (Å²) in [4.78, 5) is 18.3. The molecule has 1 aromatic carbocycles. The van der Waals surface area contributed by atoms with Crippen molar-refractivity contribution in [2.75, 3.05) is 5.73 Å². The minimum Gasteiger partial charge on any atom is -0.478 e. The molecule has 0 saturated carbocycles. The molecule has 140 valence electrons. The summed E-state index contributed by atoms with van der Waals surface area (Å²) >= 11 is 4.96. The Morgan fingerprint density at radius 3 is 2.46 bits per heavy atom. The van der Waals surface area contributed by atoms with E-state index in [0.717, 1.165) is 32.5 Å². The number of aromatic carboxylic acids is 1. The number of benzene rings is 1. The average Bonchev–Trinajstić information content (AvgIpc) is 3.41. The third-order valence-corrected chi connectivity index (χ3v) is 7.17. The fourth-order valence-electron chi connectivity index (χ4n) is 2.74. The molecule has 0 aliphatic carbocycles. The summed E-state index contributed by atoms with van der Waals surface area (Å²) in [5.41, 5.74) is 10.0. The number of carbonyl (C=O) groups is 1. The lowest BCUT2D eigenvalue weighted by molar-refractivity contribution is 0.0697. The van der Waals surface area contributed by atoms with Crippen molar-refractivity contribution in [3.05, 3.63) is 75.8 Å². The Bertz CT molecular complexity index is 1090. The second kappa shape index (κ2) is 8.18. The van der Waals surface area contributed by atoms with Crippen molar-refractivity contribution >= 4 is 46.1 Å². The summed E-state index contributed by atoms with van der Waals surface area (Å²) in [6.45, 7) is 0. The quantitative estimate of drug-likeness (QED) is 0.365. The second-order valence-electron chi connectivity index (χ2n) is 6.00. The van der Waals surface area contributed by atoms with Gasteiger partial charge in [0.25, 0.3) is 0 Å². The van der Waals surface area contributed by atoms with E-state index in [4.69, 9.17) is 15.8 Å². The normalized spacial score (nSPS) is 10.9. The average molecular weight is 425 g/mol. The smallest absolute Gasteiger partial charge is 0.335 e. The van der Waals surface area contributed by atoms with Crippen LogP contribution in [0.5, 0.6) is 0 Å². The summed E-state index contributed by atoms with van der Waals surface area (Å²) < 4.78 is 0. The van der Waals surface area contributed by atoms with E-state index in [-0.39, 0.29) is 5.56 Å². The number of aromatic nitrogens is 1. The van der Waals surface area contributed by atoms with Crippen molar-refractivity contribution in [1.82, 2.24) is 4.98 Å². The van der Waals surface area contributed by atoms with Crippen LogP contribution in [0.2, 0.25) is 0 Å². The van der Waals surface area contributed by atoms with Gasteiger partial charge < -0.3 is 10.8 Å². The van der Waals surface area contributed by atoms with Crippen molar-refractivity contribution < 1.29 is 9.90 Å². The van der Waals surface area contributed by atoms with E-state index in [0.29, 0.717) is 5.69 Å². The highest BCUT2D eigenvalue weighted by atomic mass is 32.2. The number of nitrogens with two attached hydrogens (primary N) is 1. The van der Waals surface area contributed by atoms with Gasteiger partial charge in [-0.05, 0) is 41.1 Å². The first-order chi connectivity index (χ1) is 13.6. The number of hydrogen-bond acceptors (Lipinski definition) is 6. The number of thioether (sulfide) groups is 1. The van der Waals surface area contributed by atoms with Crippen LogP contribution in [0.1, 0.15) is 15.2 Å². The second-order valence-corrected chi connectivity index (χ2v) is 8.95. The van der Waals surface area contributed by atoms with Gasteiger partial charge in [0.2, 0.25) is 0 Å². The topological polar surface area (TPSA) is 76.2 Å². The molecule has 7 heteroatoms. The van der Waals surface area contributed by atoms with Crippen molar-refractivity contribution in [2.24, 2.45) is 0 Å². The Balaban J connectivity index is 1.75. The van der Waals surface area contributed by atoms with Crippen LogP contribution in [-0.4, -0.2) is 16.1 Å². The van der Waals surface area contributed by atoms with Crippen molar-refractivity contribution in [1.29, 1.82) is 0 Å². The zero-order valence-electron chi connectivity index (χ0n) is 14.7. The molecule has 4 aromatic rings. The maximum Gasteiger partial charge on any atom is 0.335 e. The largest absolute Gasteiger partial charge is 0.478 e. The van der Waals surface area contributed by atoms with Gasteiger partial charge >= 0.3 is 5.97 Å². The van der Waals surface area contributed by atoms with E-state index in [1.54, 1.807) is 58.7 Å². The number of thiophene rings is 2. The minimum atomic E-state index is -0.941. The SMILES string of the molecule is Nc1c(-c2cccs2)cc(-c2ccc(C(=O)O)cc2)nc1SCc1cccs1. The van der Waals surface area contributed by atoms with Gasteiger partial charge in [0, 0.05) is 26.6 Å². The van der Waals surface area contributed by atoms with Crippen molar-refractivity contribution in [2.45, 2.75) is 10.8 Å². The zero-order chi connectivity index (χ0) is 19.5. The molecule has 0 unspecified atom stereocenters. The first-order valence-corrected chi connectivity index (χ1v) is 11.2. The van der Waals surface area contributed by atoms with Crippen LogP contribution in [0.4, 0.5) is 5.69 Å². The van der Waals surface area contributed by atoms with Crippen LogP contribution in [0.25, 0.3) is 21.7 Å². The van der Waals surface area contributed by atoms with Gasteiger partial charge in [-0.3, -0.25) is 0 Å². The lowest BCUT2D eigenvalue weighted by Crippen LogP contribution is -1.99. The zero-order valence-corrected chi connectivity index (χ0v) is 17.1. The summed E-state index contributed by atoms with van der Waals surface area (Å²) in [5, 5.41) is 14.0. The van der Waals surface area contributed by atoms with Crippen molar-refractivity contribution in [3.63, 3.8) is 0 Å². The van der Waals surface area contributed by atoms with E-state index < -0.39 is 5.97 Å². The lowest BCUT2D eigenvalue weighted by Gasteiger charge is -2.12. The van der Waals surface area contributed by atoms with E-state index in [1.807, 2.05) is 29.6 Å². The number of nitrogen functional groups attached to an aromatic ring is 1. The Kier molecular flexibility index (Phi) is 5.47. The third kappa shape index (κ3) is 3.96. The summed E-state index contributed by atoms with van der Waals surface area (Å²) in [6.07, 6.45) is 0. The van der Waals surface area contributed by atoms with Crippen LogP contribution in [0, 0.1) is 0 Å². The Hall–Kier alpha value is -2.61. The van der Waals surface area contributed by atoms with Crippen molar-refractivity contribution in [3.8, 4) is 21.7 Å². The van der Waals surface area contributed by atoms with Crippen LogP contribution < -0.4 is 5.73 Å². The highest BCUT2D eigenvalue weighted by molar-refractivity contribution is 7.98. The standard InChI is InChI=1S/C21H16N2O2S3/c22-19-16(18-4-2-10-27-18)11-17(13-5-7-14(8-6-13)21(24)25)23-20(19)28-12-15-3-1-9-26-15/h1-11H,12,22H2,(H,24,25). The first-order valence-electron chi connectivity index (χ1n) is 8.45. The molecule has 0 fully saturated rings. The summed E-state index contributed by atoms with van der Waals surface area (Å²) in [7, 11) is 0. The van der Waals surface area contributed by atoms with Gasteiger partial charge in [-0.2, -0.15) is 0 Å². The van der Waals surface area contributed by atoms with E-state index >= 15 is 0 Å². The number of rotatable bonds is 6. The van der Waals surface area contributed by atoms with Gasteiger partial charge in [-0.25, -0.2) is 9.78 Å². The summed E-state index contributed by atoms with van der Waals surface area (Å²) in [6, 6.07) is 16.9. The minimum absolute atomic E-state index is 0.255. The van der Waals surface area contributed by atoms with Crippen LogP contribution in [0.15, 0.2) is 70.4 Å². The fraction of sp³-hybridized carbons (Fsp3) is 0.0476. The fourth-order valence-corrected chi connectivity index (χ4v) is 5.24. The molecule has 4 rings (SSSR count). The molecule has 0 saturated heterocycles. The van der Waals surface area contributed by atoms with E-state index in [2.05, 4.69) is 11.4 Å². The molecule has 3 aromatic heterocycles. The molecule has 0 bridgehead atoms.